The number of piperidine rings is 1. The number of rotatable bonds is 1. The lowest BCUT2D eigenvalue weighted by Crippen LogP contribution is -2.44. The summed E-state index contributed by atoms with van der Waals surface area (Å²) < 4.78 is 0. The molecule has 0 amide bonds. The SMILES string of the molecule is CN(C)C1CC2CNC1C2.Cl.Cl. The number of hydrogen-bond acceptors (Lipinski definition) is 2. The predicted molar refractivity (Wildman–Crippen MR) is 56.5 cm³/mol. The monoisotopic (exact) mass is 212 g/mol. The van der Waals surface area contributed by atoms with Gasteiger partial charge in [0.1, 0.15) is 0 Å². The van der Waals surface area contributed by atoms with Gasteiger partial charge in [-0.05, 0) is 39.4 Å². The molecule has 3 unspecified atom stereocenters. The van der Waals surface area contributed by atoms with Crippen LogP contribution in [0.4, 0.5) is 0 Å². The molecule has 2 bridgehead atoms. The number of hydrogen-bond donors (Lipinski definition) is 1. The van der Waals surface area contributed by atoms with Crippen molar-refractivity contribution in [1.29, 1.82) is 0 Å². The highest BCUT2D eigenvalue weighted by Crippen LogP contribution is 2.33. The zero-order chi connectivity index (χ0) is 7.14. The minimum Gasteiger partial charge on any atom is -0.312 e. The van der Waals surface area contributed by atoms with Gasteiger partial charge in [0, 0.05) is 12.1 Å². The van der Waals surface area contributed by atoms with Crippen molar-refractivity contribution in [3.63, 3.8) is 0 Å². The van der Waals surface area contributed by atoms with Gasteiger partial charge >= 0.3 is 0 Å². The molecule has 2 aliphatic rings. The molecule has 0 radical (unpaired) electrons. The van der Waals surface area contributed by atoms with Crippen molar-refractivity contribution in [1.82, 2.24) is 10.2 Å². The second kappa shape index (κ2) is 4.66. The molecule has 0 aromatic heterocycles. The summed E-state index contributed by atoms with van der Waals surface area (Å²) in [6.45, 7) is 1.27. The highest BCUT2D eigenvalue weighted by Gasteiger charge is 2.39. The Hall–Kier alpha value is 0.500. The largest absolute Gasteiger partial charge is 0.312 e. The quantitative estimate of drug-likeness (QED) is 0.702. The molecule has 0 aromatic rings. The molecule has 1 N–H and O–H groups in total. The van der Waals surface area contributed by atoms with Crippen molar-refractivity contribution in [2.75, 3.05) is 20.6 Å². The standard InChI is InChI=1S/C8H16N2.2ClH/c1-10(2)8-4-6-3-7(8)9-5-6;;/h6-9H,3-5H2,1-2H3;2*1H. The zero-order valence-corrected chi connectivity index (χ0v) is 9.25. The molecule has 1 saturated carbocycles. The highest BCUT2D eigenvalue weighted by molar-refractivity contribution is 5.85. The van der Waals surface area contributed by atoms with E-state index in [0.29, 0.717) is 0 Å². The van der Waals surface area contributed by atoms with Crippen LogP contribution in [0.15, 0.2) is 0 Å². The summed E-state index contributed by atoms with van der Waals surface area (Å²) in [5, 5.41) is 3.55. The minimum atomic E-state index is 0. The molecule has 1 saturated heterocycles. The Morgan fingerprint density at radius 2 is 1.83 bits per heavy atom. The summed E-state index contributed by atoms with van der Waals surface area (Å²) >= 11 is 0. The summed E-state index contributed by atoms with van der Waals surface area (Å²) in [6, 6.07) is 1.62. The fourth-order valence-electron chi connectivity index (χ4n) is 2.39. The van der Waals surface area contributed by atoms with Gasteiger partial charge in [0.2, 0.25) is 0 Å². The van der Waals surface area contributed by atoms with Crippen molar-refractivity contribution >= 4 is 24.8 Å². The summed E-state index contributed by atoms with van der Waals surface area (Å²) in [7, 11) is 4.38. The molecular formula is C8H18Cl2N2. The van der Waals surface area contributed by atoms with Crippen molar-refractivity contribution in [3.05, 3.63) is 0 Å². The fourth-order valence-corrected chi connectivity index (χ4v) is 2.39. The topological polar surface area (TPSA) is 15.3 Å². The summed E-state index contributed by atoms with van der Waals surface area (Å²) in [5.41, 5.74) is 0. The maximum Gasteiger partial charge on any atom is 0.0246 e. The first-order chi connectivity index (χ1) is 4.77. The molecule has 2 nitrogen and oxygen atoms in total. The Morgan fingerprint density at radius 1 is 1.17 bits per heavy atom. The van der Waals surface area contributed by atoms with Gasteiger partial charge in [-0.15, -0.1) is 24.8 Å². The zero-order valence-electron chi connectivity index (χ0n) is 7.62. The maximum atomic E-state index is 3.55. The minimum absolute atomic E-state index is 0. The Morgan fingerprint density at radius 3 is 2.08 bits per heavy atom. The fraction of sp³-hybridized carbons (Fsp3) is 1.00. The van der Waals surface area contributed by atoms with Crippen LogP contribution in [-0.4, -0.2) is 37.6 Å². The molecule has 3 atom stereocenters. The molecule has 2 fully saturated rings. The lowest BCUT2D eigenvalue weighted by molar-refractivity contribution is 0.233. The van der Waals surface area contributed by atoms with E-state index in [2.05, 4.69) is 24.3 Å². The van der Waals surface area contributed by atoms with Crippen LogP contribution in [0.25, 0.3) is 0 Å². The van der Waals surface area contributed by atoms with Crippen LogP contribution in [0.5, 0.6) is 0 Å². The van der Waals surface area contributed by atoms with Crippen molar-refractivity contribution in [2.24, 2.45) is 5.92 Å². The number of nitrogens with zero attached hydrogens (tertiary/aromatic N) is 1. The van der Waals surface area contributed by atoms with Gasteiger partial charge in [-0.25, -0.2) is 0 Å². The summed E-state index contributed by atoms with van der Waals surface area (Å²) in [4.78, 5) is 2.36. The third-order valence-corrected chi connectivity index (χ3v) is 2.96. The van der Waals surface area contributed by atoms with E-state index in [0.717, 1.165) is 18.0 Å². The first-order valence-electron chi connectivity index (χ1n) is 4.17. The van der Waals surface area contributed by atoms with Crippen LogP contribution in [-0.2, 0) is 0 Å². The molecule has 74 valence electrons. The molecular weight excluding hydrogens is 195 g/mol. The third kappa shape index (κ3) is 2.05. The second-order valence-electron chi connectivity index (χ2n) is 3.88. The van der Waals surface area contributed by atoms with E-state index in [9.17, 15) is 0 Å². The number of fused-ring (bicyclic) bond motifs is 2. The third-order valence-electron chi connectivity index (χ3n) is 2.96. The summed E-state index contributed by atoms with van der Waals surface area (Å²) in [6.07, 6.45) is 2.84. The van der Waals surface area contributed by atoms with Crippen LogP contribution in [0.3, 0.4) is 0 Å². The van der Waals surface area contributed by atoms with E-state index in [1.165, 1.54) is 19.4 Å². The van der Waals surface area contributed by atoms with E-state index >= 15 is 0 Å². The lowest BCUT2D eigenvalue weighted by Gasteiger charge is -2.28. The Balaban J connectivity index is 0.000000605. The maximum absolute atomic E-state index is 3.55. The van der Waals surface area contributed by atoms with Gasteiger partial charge in [-0.2, -0.15) is 0 Å². The molecule has 12 heavy (non-hydrogen) atoms. The van der Waals surface area contributed by atoms with E-state index in [-0.39, 0.29) is 24.8 Å². The van der Waals surface area contributed by atoms with Gasteiger partial charge in [-0.3, -0.25) is 0 Å². The van der Waals surface area contributed by atoms with E-state index in [4.69, 9.17) is 0 Å². The predicted octanol–water partition coefficient (Wildman–Crippen LogP) is 1.14. The Labute approximate surface area is 86.9 Å². The van der Waals surface area contributed by atoms with Crippen LogP contribution in [0.1, 0.15) is 12.8 Å². The van der Waals surface area contributed by atoms with Crippen molar-refractivity contribution < 1.29 is 0 Å². The molecule has 4 heteroatoms. The van der Waals surface area contributed by atoms with E-state index in [1.807, 2.05) is 0 Å². The Kier molecular flexibility index (Phi) is 4.85. The lowest BCUT2D eigenvalue weighted by atomic mass is 10.1. The van der Waals surface area contributed by atoms with Crippen molar-refractivity contribution in [2.45, 2.75) is 24.9 Å². The van der Waals surface area contributed by atoms with Gasteiger partial charge in [-0.1, -0.05) is 0 Å². The van der Waals surface area contributed by atoms with E-state index in [1.54, 1.807) is 0 Å². The molecule has 1 aliphatic heterocycles. The molecule has 2 rings (SSSR count). The molecule has 0 spiro atoms. The molecule has 0 aromatic carbocycles. The van der Waals surface area contributed by atoms with Gasteiger partial charge in [0.05, 0.1) is 0 Å². The summed E-state index contributed by atoms with van der Waals surface area (Å²) in [5.74, 6) is 0.984. The van der Waals surface area contributed by atoms with Gasteiger partial charge in [0.15, 0.2) is 0 Å². The highest BCUT2D eigenvalue weighted by atomic mass is 35.5. The second-order valence-corrected chi connectivity index (χ2v) is 3.88. The van der Waals surface area contributed by atoms with Crippen molar-refractivity contribution in [3.8, 4) is 0 Å². The smallest absolute Gasteiger partial charge is 0.0246 e. The molecule has 1 aliphatic carbocycles. The van der Waals surface area contributed by atoms with Gasteiger partial charge in [0.25, 0.3) is 0 Å². The first kappa shape index (κ1) is 12.5. The van der Waals surface area contributed by atoms with E-state index < -0.39 is 0 Å². The Bertz CT molecular complexity index is 141. The number of likely N-dealkylation sites (N-methyl/N-ethyl adjacent to an activating group) is 1. The number of nitrogens with one attached hydrogen (secondary N) is 1. The van der Waals surface area contributed by atoms with Crippen LogP contribution >= 0.6 is 24.8 Å². The van der Waals surface area contributed by atoms with Gasteiger partial charge < -0.3 is 10.2 Å². The van der Waals surface area contributed by atoms with Crippen LogP contribution < -0.4 is 5.32 Å². The normalized spacial score (nSPS) is 37.8. The average Bonchev–Trinajstić information content (AvgIpc) is 2.44. The number of halogens is 2. The van der Waals surface area contributed by atoms with Crippen LogP contribution in [0, 0.1) is 5.92 Å². The molecule has 1 heterocycles. The first-order valence-corrected chi connectivity index (χ1v) is 4.17. The average molecular weight is 213 g/mol. The van der Waals surface area contributed by atoms with Crippen LogP contribution in [0.2, 0.25) is 0 Å².